The number of nitrogens with two attached hydrogens (primary N) is 1. The lowest BCUT2D eigenvalue weighted by atomic mass is 10.3. The predicted octanol–water partition coefficient (Wildman–Crippen LogP) is 3.19. The molecule has 0 spiro atoms. The lowest BCUT2D eigenvalue weighted by Gasteiger charge is -2.12. The molecule has 0 saturated carbocycles. The van der Waals surface area contributed by atoms with Crippen LogP contribution in [0.3, 0.4) is 0 Å². The number of aryl methyl sites for hydroxylation is 1. The van der Waals surface area contributed by atoms with Crippen LogP contribution < -0.4 is 10.5 Å². The average Bonchev–Trinajstić information content (AvgIpc) is 2.32. The van der Waals surface area contributed by atoms with E-state index in [2.05, 4.69) is 25.6 Å². The lowest BCUT2D eigenvalue weighted by Crippen LogP contribution is -2.15. The van der Waals surface area contributed by atoms with Crippen molar-refractivity contribution in [3.05, 3.63) is 45.7 Å². The molecule has 8 heteroatoms. The van der Waals surface area contributed by atoms with Crippen molar-refractivity contribution in [2.45, 2.75) is 11.8 Å². The second kappa shape index (κ2) is 5.59. The minimum atomic E-state index is -3.78. The zero-order valence-corrected chi connectivity index (χ0v) is 13.6. The van der Waals surface area contributed by atoms with Crippen LogP contribution in [0.5, 0.6) is 0 Å². The van der Waals surface area contributed by atoms with E-state index in [0.29, 0.717) is 21.0 Å². The fourth-order valence-corrected chi connectivity index (χ4v) is 3.40. The Morgan fingerprint density at radius 2 is 2.00 bits per heavy atom. The highest BCUT2D eigenvalue weighted by atomic mass is 79.9. The molecule has 106 valence electrons. The molecule has 3 N–H and O–H groups in total. The van der Waals surface area contributed by atoms with Crippen LogP contribution in [-0.4, -0.2) is 13.4 Å². The molecule has 1 heterocycles. The highest BCUT2D eigenvalue weighted by molar-refractivity contribution is 9.10. The van der Waals surface area contributed by atoms with E-state index in [1.54, 1.807) is 19.1 Å². The summed E-state index contributed by atoms with van der Waals surface area (Å²) in [5, 5.41) is 0.300. The zero-order chi connectivity index (χ0) is 14.9. The van der Waals surface area contributed by atoms with Crippen LogP contribution in [0.2, 0.25) is 5.15 Å². The maximum atomic E-state index is 12.3. The van der Waals surface area contributed by atoms with E-state index in [-0.39, 0.29) is 10.6 Å². The van der Waals surface area contributed by atoms with Gasteiger partial charge in [-0.1, -0.05) is 27.5 Å². The average molecular weight is 377 g/mol. The number of aromatic nitrogens is 1. The Labute approximate surface area is 130 Å². The number of nitrogen functional groups attached to an aromatic ring is 1. The molecule has 5 nitrogen and oxygen atoms in total. The van der Waals surface area contributed by atoms with Gasteiger partial charge in [-0.2, -0.15) is 0 Å². The zero-order valence-electron chi connectivity index (χ0n) is 10.4. The Morgan fingerprint density at radius 3 is 2.60 bits per heavy atom. The van der Waals surface area contributed by atoms with Gasteiger partial charge >= 0.3 is 0 Å². The largest absolute Gasteiger partial charge is 0.398 e. The van der Waals surface area contributed by atoms with Gasteiger partial charge in [-0.3, -0.25) is 4.72 Å². The van der Waals surface area contributed by atoms with Crippen molar-refractivity contribution in [3.8, 4) is 0 Å². The first kappa shape index (κ1) is 15.1. The van der Waals surface area contributed by atoms with Crippen molar-refractivity contribution in [1.82, 2.24) is 4.98 Å². The van der Waals surface area contributed by atoms with Gasteiger partial charge in [0.1, 0.15) is 10.0 Å². The third kappa shape index (κ3) is 3.23. The third-order valence-corrected chi connectivity index (χ3v) is 4.70. The fourth-order valence-electron chi connectivity index (χ4n) is 1.60. The van der Waals surface area contributed by atoms with Crippen molar-refractivity contribution >= 4 is 48.9 Å². The molecule has 0 radical (unpaired) electrons. The van der Waals surface area contributed by atoms with Crippen LogP contribution in [0.15, 0.2) is 39.7 Å². The second-order valence-corrected chi connectivity index (χ2v) is 7.01. The number of pyridine rings is 1. The summed E-state index contributed by atoms with van der Waals surface area (Å²) in [4.78, 5) is 4.00. The summed E-state index contributed by atoms with van der Waals surface area (Å²) in [7, 11) is -3.78. The molecule has 0 atom stereocenters. The van der Waals surface area contributed by atoms with E-state index >= 15 is 0 Å². The number of hydrogen-bond donors (Lipinski definition) is 2. The quantitative estimate of drug-likeness (QED) is 0.636. The first-order valence-corrected chi connectivity index (χ1v) is 8.16. The van der Waals surface area contributed by atoms with Gasteiger partial charge in [-0.05, 0) is 37.3 Å². The first-order valence-electron chi connectivity index (χ1n) is 5.50. The monoisotopic (exact) mass is 375 g/mol. The Hall–Kier alpha value is -1.31. The number of nitrogens with zero attached hydrogens (tertiary/aromatic N) is 1. The Morgan fingerprint density at radius 1 is 1.30 bits per heavy atom. The summed E-state index contributed by atoms with van der Waals surface area (Å²) in [5.41, 5.74) is 6.74. The molecule has 0 bridgehead atoms. The molecule has 0 saturated heterocycles. The van der Waals surface area contributed by atoms with Crippen LogP contribution in [0, 0.1) is 6.92 Å². The van der Waals surface area contributed by atoms with Crippen LogP contribution in [-0.2, 0) is 10.0 Å². The molecular formula is C12H11BrClN3O2S. The summed E-state index contributed by atoms with van der Waals surface area (Å²) >= 11 is 8.96. The van der Waals surface area contributed by atoms with E-state index in [1.165, 1.54) is 18.2 Å². The molecule has 0 amide bonds. The maximum absolute atomic E-state index is 12.3. The van der Waals surface area contributed by atoms with Gasteiger partial charge < -0.3 is 5.73 Å². The van der Waals surface area contributed by atoms with E-state index in [9.17, 15) is 8.42 Å². The van der Waals surface area contributed by atoms with Gasteiger partial charge in [0.25, 0.3) is 10.0 Å². The number of rotatable bonds is 3. The van der Waals surface area contributed by atoms with Gasteiger partial charge in [0.15, 0.2) is 0 Å². The van der Waals surface area contributed by atoms with Crippen LogP contribution in [0.4, 0.5) is 11.4 Å². The molecule has 0 aliphatic heterocycles. The van der Waals surface area contributed by atoms with Crippen molar-refractivity contribution in [1.29, 1.82) is 0 Å². The van der Waals surface area contributed by atoms with Crippen LogP contribution in [0.1, 0.15) is 5.69 Å². The topological polar surface area (TPSA) is 85.1 Å². The third-order valence-electron chi connectivity index (χ3n) is 2.56. The van der Waals surface area contributed by atoms with Gasteiger partial charge in [-0.15, -0.1) is 0 Å². The highest BCUT2D eigenvalue weighted by Crippen LogP contribution is 2.26. The Bertz CT molecular complexity index is 765. The molecule has 2 aromatic rings. The SMILES string of the molecule is Cc1nc(Cl)ccc1NS(=O)(=O)c1ccc(Br)cc1N. The molecule has 1 aromatic carbocycles. The summed E-state index contributed by atoms with van der Waals surface area (Å²) in [6.07, 6.45) is 0. The summed E-state index contributed by atoms with van der Waals surface area (Å²) in [5.74, 6) is 0. The van der Waals surface area contributed by atoms with Gasteiger partial charge in [0.05, 0.1) is 17.1 Å². The van der Waals surface area contributed by atoms with E-state index in [0.717, 1.165) is 0 Å². The molecule has 0 aliphatic rings. The summed E-state index contributed by atoms with van der Waals surface area (Å²) in [6, 6.07) is 7.63. The number of halogens is 2. The van der Waals surface area contributed by atoms with Gasteiger partial charge in [0, 0.05) is 4.47 Å². The van der Waals surface area contributed by atoms with Crippen molar-refractivity contribution < 1.29 is 8.42 Å². The first-order chi connectivity index (χ1) is 9.29. The van der Waals surface area contributed by atoms with Crippen LogP contribution in [0.25, 0.3) is 0 Å². The minimum Gasteiger partial charge on any atom is -0.398 e. The molecule has 0 aliphatic carbocycles. The van der Waals surface area contributed by atoms with Gasteiger partial charge in [0.2, 0.25) is 0 Å². The standard InChI is InChI=1S/C12H11BrClN3O2S/c1-7-10(3-5-12(14)16-7)17-20(18,19)11-4-2-8(13)6-9(11)15/h2-6,17H,15H2,1H3. The number of sulfonamides is 1. The predicted molar refractivity (Wildman–Crippen MR) is 83.3 cm³/mol. The van der Waals surface area contributed by atoms with E-state index < -0.39 is 10.0 Å². The van der Waals surface area contributed by atoms with Gasteiger partial charge in [-0.25, -0.2) is 13.4 Å². The molecular weight excluding hydrogens is 366 g/mol. The Balaban J connectivity index is 2.41. The summed E-state index contributed by atoms with van der Waals surface area (Å²) in [6.45, 7) is 1.66. The number of benzene rings is 1. The summed E-state index contributed by atoms with van der Waals surface area (Å²) < 4.78 is 27.8. The van der Waals surface area contributed by atoms with Crippen LogP contribution >= 0.6 is 27.5 Å². The maximum Gasteiger partial charge on any atom is 0.264 e. The number of hydrogen-bond acceptors (Lipinski definition) is 4. The Kier molecular flexibility index (Phi) is 4.22. The highest BCUT2D eigenvalue weighted by Gasteiger charge is 2.18. The van der Waals surface area contributed by atoms with Crippen molar-refractivity contribution in [2.75, 3.05) is 10.5 Å². The normalized spacial score (nSPS) is 11.3. The molecule has 20 heavy (non-hydrogen) atoms. The van der Waals surface area contributed by atoms with E-state index in [4.69, 9.17) is 17.3 Å². The van der Waals surface area contributed by atoms with E-state index in [1.807, 2.05) is 0 Å². The van der Waals surface area contributed by atoms with Crippen molar-refractivity contribution in [3.63, 3.8) is 0 Å². The molecule has 0 fully saturated rings. The minimum absolute atomic E-state index is 0.00931. The molecule has 0 unspecified atom stereocenters. The molecule has 1 aromatic heterocycles. The number of anilines is 2. The lowest BCUT2D eigenvalue weighted by molar-refractivity contribution is 0.601. The fraction of sp³-hybridized carbons (Fsp3) is 0.0833. The molecule has 2 rings (SSSR count). The smallest absolute Gasteiger partial charge is 0.264 e. The second-order valence-electron chi connectivity index (χ2n) is 4.05. The van der Waals surface area contributed by atoms with Crippen molar-refractivity contribution in [2.24, 2.45) is 0 Å². The number of nitrogens with one attached hydrogen (secondary N) is 1.